The zero-order valence-corrected chi connectivity index (χ0v) is 17.3. The second kappa shape index (κ2) is 10.6. The predicted octanol–water partition coefficient (Wildman–Crippen LogP) is 2.80. The molecule has 154 valence electrons. The van der Waals surface area contributed by atoms with E-state index in [9.17, 15) is 9.59 Å². The standard InChI is InChI=1S/C23H35N3O2/c1-24-14-5-10-21(18-24)19-26(17-13-20-8-3-2-4-9-20)23(28)12-7-16-25-15-6-11-22(25)27/h2-4,8-9,21H,5-7,10-19H2,1H3. The van der Waals surface area contributed by atoms with Gasteiger partial charge in [-0.1, -0.05) is 30.3 Å². The van der Waals surface area contributed by atoms with Crippen LogP contribution in [-0.4, -0.2) is 72.8 Å². The van der Waals surface area contributed by atoms with Crippen LogP contribution in [0.4, 0.5) is 0 Å². The van der Waals surface area contributed by atoms with Gasteiger partial charge in [-0.25, -0.2) is 0 Å². The minimum Gasteiger partial charge on any atom is -0.343 e. The van der Waals surface area contributed by atoms with Crippen molar-refractivity contribution in [1.82, 2.24) is 14.7 Å². The van der Waals surface area contributed by atoms with Crippen molar-refractivity contribution in [2.45, 2.75) is 44.9 Å². The van der Waals surface area contributed by atoms with Gasteiger partial charge in [0, 0.05) is 45.6 Å². The molecule has 5 nitrogen and oxygen atoms in total. The van der Waals surface area contributed by atoms with Crippen molar-refractivity contribution in [2.24, 2.45) is 5.92 Å². The maximum Gasteiger partial charge on any atom is 0.222 e. The van der Waals surface area contributed by atoms with Gasteiger partial charge in [-0.2, -0.15) is 0 Å². The number of likely N-dealkylation sites (tertiary alicyclic amines) is 2. The van der Waals surface area contributed by atoms with Crippen LogP contribution in [0.15, 0.2) is 30.3 Å². The molecule has 28 heavy (non-hydrogen) atoms. The van der Waals surface area contributed by atoms with Crippen LogP contribution < -0.4 is 0 Å². The Kier molecular flexibility index (Phi) is 7.90. The molecule has 2 heterocycles. The molecule has 2 aliphatic rings. The SMILES string of the molecule is CN1CCCC(CN(CCc2ccccc2)C(=O)CCCN2CCCC2=O)C1. The van der Waals surface area contributed by atoms with Crippen LogP contribution >= 0.6 is 0 Å². The van der Waals surface area contributed by atoms with Crippen LogP contribution in [0.2, 0.25) is 0 Å². The summed E-state index contributed by atoms with van der Waals surface area (Å²) in [5.74, 6) is 1.06. The molecular formula is C23H35N3O2. The van der Waals surface area contributed by atoms with Gasteiger partial charge in [0.25, 0.3) is 0 Å². The van der Waals surface area contributed by atoms with Crippen LogP contribution in [0.3, 0.4) is 0 Å². The molecule has 1 unspecified atom stereocenters. The van der Waals surface area contributed by atoms with Crippen LogP contribution in [0, 0.1) is 5.92 Å². The minimum absolute atomic E-state index is 0.246. The lowest BCUT2D eigenvalue weighted by molar-refractivity contribution is -0.133. The number of amides is 2. The Morgan fingerprint density at radius 3 is 2.71 bits per heavy atom. The summed E-state index contributed by atoms with van der Waals surface area (Å²) in [6.45, 7) is 5.47. The molecule has 1 atom stereocenters. The van der Waals surface area contributed by atoms with E-state index in [2.05, 4.69) is 41.1 Å². The molecule has 3 rings (SSSR count). The summed E-state index contributed by atoms with van der Waals surface area (Å²) < 4.78 is 0. The fraction of sp³-hybridized carbons (Fsp3) is 0.652. The van der Waals surface area contributed by atoms with Gasteiger partial charge in [0.05, 0.1) is 0 Å². The van der Waals surface area contributed by atoms with Gasteiger partial charge in [-0.15, -0.1) is 0 Å². The van der Waals surface area contributed by atoms with Crippen molar-refractivity contribution >= 4 is 11.8 Å². The van der Waals surface area contributed by atoms with Gasteiger partial charge in [-0.3, -0.25) is 9.59 Å². The van der Waals surface area contributed by atoms with E-state index in [0.29, 0.717) is 18.8 Å². The highest BCUT2D eigenvalue weighted by Crippen LogP contribution is 2.18. The largest absolute Gasteiger partial charge is 0.343 e. The molecule has 2 amide bonds. The summed E-state index contributed by atoms with van der Waals surface area (Å²) in [5, 5.41) is 0. The third-order valence-corrected chi connectivity index (χ3v) is 6.06. The van der Waals surface area contributed by atoms with Crippen molar-refractivity contribution in [3.05, 3.63) is 35.9 Å². The van der Waals surface area contributed by atoms with Crippen molar-refractivity contribution in [3.8, 4) is 0 Å². The van der Waals surface area contributed by atoms with Crippen molar-refractivity contribution in [2.75, 3.05) is 46.3 Å². The van der Waals surface area contributed by atoms with Crippen LogP contribution in [0.1, 0.15) is 44.1 Å². The topological polar surface area (TPSA) is 43.9 Å². The minimum atomic E-state index is 0.246. The maximum atomic E-state index is 13.0. The molecule has 0 radical (unpaired) electrons. The number of carbonyl (C=O) groups excluding carboxylic acids is 2. The molecule has 0 aromatic heterocycles. The number of carbonyl (C=O) groups is 2. The Morgan fingerprint density at radius 1 is 1.18 bits per heavy atom. The molecular weight excluding hydrogens is 350 g/mol. The fourth-order valence-corrected chi connectivity index (χ4v) is 4.48. The number of benzene rings is 1. The quantitative estimate of drug-likeness (QED) is 0.657. The first-order valence-electron chi connectivity index (χ1n) is 10.9. The Morgan fingerprint density at radius 2 is 2.00 bits per heavy atom. The van der Waals surface area contributed by atoms with Crippen LogP contribution in [-0.2, 0) is 16.0 Å². The van der Waals surface area contributed by atoms with Gasteiger partial charge in [0.1, 0.15) is 0 Å². The Bertz CT molecular complexity index is 634. The Balaban J connectivity index is 1.52. The van der Waals surface area contributed by atoms with Crippen molar-refractivity contribution in [3.63, 3.8) is 0 Å². The van der Waals surface area contributed by atoms with Crippen LogP contribution in [0.25, 0.3) is 0 Å². The summed E-state index contributed by atoms with van der Waals surface area (Å²) in [7, 11) is 2.18. The van der Waals surface area contributed by atoms with Crippen LogP contribution in [0.5, 0.6) is 0 Å². The number of hydrogen-bond donors (Lipinski definition) is 0. The van der Waals surface area contributed by atoms with Gasteiger partial charge in [0.15, 0.2) is 0 Å². The van der Waals surface area contributed by atoms with Crippen molar-refractivity contribution in [1.29, 1.82) is 0 Å². The fourth-order valence-electron chi connectivity index (χ4n) is 4.48. The molecule has 5 heteroatoms. The first kappa shape index (κ1) is 20.8. The van der Waals surface area contributed by atoms with Gasteiger partial charge < -0.3 is 14.7 Å². The van der Waals surface area contributed by atoms with Gasteiger partial charge >= 0.3 is 0 Å². The number of rotatable bonds is 9. The number of hydrogen-bond acceptors (Lipinski definition) is 3. The normalized spacial score (nSPS) is 20.5. The first-order chi connectivity index (χ1) is 13.6. The second-order valence-electron chi connectivity index (χ2n) is 8.43. The highest BCUT2D eigenvalue weighted by Gasteiger charge is 2.24. The molecule has 1 aromatic carbocycles. The number of piperidine rings is 1. The molecule has 2 saturated heterocycles. The van der Waals surface area contributed by atoms with E-state index in [1.54, 1.807) is 0 Å². The van der Waals surface area contributed by atoms with E-state index in [1.807, 2.05) is 11.0 Å². The van der Waals surface area contributed by atoms with E-state index in [1.165, 1.54) is 24.9 Å². The molecule has 0 N–H and O–H groups in total. The summed E-state index contributed by atoms with van der Waals surface area (Å²) in [6, 6.07) is 10.4. The molecule has 0 aliphatic carbocycles. The first-order valence-corrected chi connectivity index (χ1v) is 10.9. The number of nitrogens with zero attached hydrogens (tertiary/aromatic N) is 3. The predicted molar refractivity (Wildman–Crippen MR) is 112 cm³/mol. The summed E-state index contributed by atoms with van der Waals surface area (Å²) in [6.07, 6.45) is 6.29. The average Bonchev–Trinajstić information content (AvgIpc) is 3.10. The highest BCUT2D eigenvalue weighted by molar-refractivity contribution is 5.78. The zero-order chi connectivity index (χ0) is 19.8. The second-order valence-corrected chi connectivity index (χ2v) is 8.43. The van der Waals surface area contributed by atoms with E-state index in [4.69, 9.17) is 0 Å². The Hall–Kier alpha value is -1.88. The lowest BCUT2D eigenvalue weighted by Gasteiger charge is -2.34. The smallest absolute Gasteiger partial charge is 0.222 e. The lowest BCUT2D eigenvalue weighted by Crippen LogP contribution is -2.42. The lowest BCUT2D eigenvalue weighted by atomic mass is 9.97. The molecule has 0 spiro atoms. The summed E-state index contributed by atoms with van der Waals surface area (Å²) in [4.78, 5) is 31.1. The van der Waals surface area contributed by atoms with E-state index >= 15 is 0 Å². The maximum absolute atomic E-state index is 13.0. The van der Waals surface area contributed by atoms with Gasteiger partial charge in [-0.05, 0) is 57.2 Å². The molecule has 2 fully saturated rings. The average molecular weight is 386 g/mol. The molecule has 1 aromatic rings. The summed E-state index contributed by atoms with van der Waals surface area (Å²) in [5.41, 5.74) is 1.28. The Labute approximate surface area is 169 Å². The summed E-state index contributed by atoms with van der Waals surface area (Å²) >= 11 is 0. The third-order valence-electron chi connectivity index (χ3n) is 6.06. The molecule has 0 saturated carbocycles. The van der Waals surface area contributed by atoms with E-state index in [0.717, 1.165) is 52.0 Å². The van der Waals surface area contributed by atoms with E-state index < -0.39 is 0 Å². The van der Waals surface area contributed by atoms with Gasteiger partial charge in [0.2, 0.25) is 11.8 Å². The third kappa shape index (κ3) is 6.33. The highest BCUT2D eigenvalue weighted by atomic mass is 16.2. The monoisotopic (exact) mass is 385 g/mol. The molecule has 0 bridgehead atoms. The van der Waals surface area contributed by atoms with E-state index in [-0.39, 0.29) is 11.8 Å². The van der Waals surface area contributed by atoms with Crippen molar-refractivity contribution < 1.29 is 9.59 Å². The zero-order valence-electron chi connectivity index (χ0n) is 17.3. The molecule has 2 aliphatic heterocycles.